The molecular formula is C12H15Cl2N3. The van der Waals surface area contributed by atoms with E-state index in [2.05, 4.69) is 15.6 Å². The molecule has 0 aromatic heterocycles. The lowest BCUT2D eigenvalue weighted by atomic mass is 10.1. The highest BCUT2D eigenvalue weighted by atomic mass is 35.5. The minimum absolute atomic E-state index is 0.671. The second kappa shape index (κ2) is 6.12. The van der Waals surface area contributed by atoms with Crippen molar-refractivity contribution in [1.29, 1.82) is 0 Å². The van der Waals surface area contributed by atoms with Crippen LogP contribution in [0.1, 0.15) is 12.0 Å². The number of benzene rings is 1. The van der Waals surface area contributed by atoms with Crippen LogP contribution in [-0.4, -0.2) is 25.6 Å². The molecule has 1 aliphatic rings. The summed E-state index contributed by atoms with van der Waals surface area (Å²) in [6.07, 6.45) is 1.96. The van der Waals surface area contributed by atoms with Gasteiger partial charge < -0.3 is 10.6 Å². The van der Waals surface area contributed by atoms with Gasteiger partial charge >= 0.3 is 0 Å². The fraction of sp³-hybridized carbons (Fsp3) is 0.417. The van der Waals surface area contributed by atoms with Crippen molar-refractivity contribution < 1.29 is 0 Å². The molecule has 17 heavy (non-hydrogen) atoms. The van der Waals surface area contributed by atoms with E-state index in [0.29, 0.717) is 5.02 Å². The Bertz CT molecular complexity index is 418. The Kier molecular flexibility index (Phi) is 4.51. The summed E-state index contributed by atoms with van der Waals surface area (Å²) in [4.78, 5) is 4.34. The number of guanidine groups is 1. The second-order valence-electron chi connectivity index (χ2n) is 3.92. The Labute approximate surface area is 111 Å². The molecule has 0 fully saturated rings. The van der Waals surface area contributed by atoms with E-state index >= 15 is 0 Å². The monoisotopic (exact) mass is 271 g/mol. The van der Waals surface area contributed by atoms with E-state index in [4.69, 9.17) is 23.2 Å². The van der Waals surface area contributed by atoms with Crippen LogP contribution in [0.5, 0.6) is 0 Å². The number of hydrogen-bond acceptors (Lipinski definition) is 3. The van der Waals surface area contributed by atoms with Gasteiger partial charge in [-0.3, -0.25) is 4.99 Å². The Morgan fingerprint density at radius 3 is 2.94 bits per heavy atom. The first-order valence-electron chi connectivity index (χ1n) is 5.72. The first-order valence-corrected chi connectivity index (χ1v) is 6.47. The van der Waals surface area contributed by atoms with Crippen LogP contribution in [0.15, 0.2) is 23.2 Å². The van der Waals surface area contributed by atoms with E-state index in [0.717, 1.165) is 49.0 Å². The first kappa shape index (κ1) is 12.5. The smallest absolute Gasteiger partial charge is 0.191 e. The maximum Gasteiger partial charge on any atom is 0.191 e. The number of hydrogen-bond donors (Lipinski definition) is 2. The van der Waals surface area contributed by atoms with Crippen LogP contribution in [0, 0.1) is 0 Å². The quantitative estimate of drug-likeness (QED) is 0.886. The molecule has 1 aromatic rings. The third-order valence-electron chi connectivity index (χ3n) is 2.60. The Morgan fingerprint density at radius 1 is 1.35 bits per heavy atom. The topological polar surface area (TPSA) is 36.4 Å². The number of nitrogens with zero attached hydrogens (tertiary/aromatic N) is 1. The molecule has 2 N–H and O–H groups in total. The summed E-state index contributed by atoms with van der Waals surface area (Å²) in [5, 5.41) is 7.86. The molecule has 0 saturated heterocycles. The van der Waals surface area contributed by atoms with Gasteiger partial charge in [-0.15, -0.1) is 0 Å². The van der Waals surface area contributed by atoms with Crippen molar-refractivity contribution >= 4 is 29.2 Å². The van der Waals surface area contributed by atoms with Crippen LogP contribution < -0.4 is 10.6 Å². The zero-order chi connectivity index (χ0) is 12.1. The predicted octanol–water partition coefficient (Wildman–Crippen LogP) is 2.47. The third kappa shape index (κ3) is 3.79. The van der Waals surface area contributed by atoms with Crippen LogP contribution in [0.3, 0.4) is 0 Å². The van der Waals surface area contributed by atoms with Crippen LogP contribution in [0.25, 0.3) is 0 Å². The molecule has 3 nitrogen and oxygen atoms in total. The SMILES string of the molecule is Clc1ccc(CCNC2=NCCCN2)c(Cl)c1. The highest BCUT2D eigenvalue weighted by Crippen LogP contribution is 2.20. The van der Waals surface area contributed by atoms with Crippen molar-refractivity contribution in [3.05, 3.63) is 33.8 Å². The van der Waals surface area contributed by atoms with Crippen molar-refractivity contribution in [3.8, 4) is 0 Å². The molecule has 5 heteroatoms. The van der Waals surface area contributed by atoms with Gasteiger partial charge in [0.25, 0.3) is 0 Å². The molecule has 2 rings (SSSR count). The number of aliphatic imine (C=N–C) groups is 1. The molecule has 1 heterocycles. The summed E-state index contributed by atoms with van der Waals surface area (Å²) in [6, 6.07) is 5.59. The normalized spacial score (nSPS) is 15.1. The van der Waals surface area contributed by atoms with Crippen LogP contribution >= 0.6 is 23.2 Å². The maximum atomic E-state index is 6.09. The predicted molar refractivity (Wildman–Crippen MR) is 73.1 cm³/mol. The summed E-state index contributed by atoms with van der Waals surface area (Å²) >= 11 is 11.9. The Hall–Kier alpha value is -0.930. The zero-order valence-electron chi connectivity index (χ0n) is 9.47. The third-order valence-corrected chi connectivity index (χ3v) is 3.19. The van der Waals surface area contributed by atoms with E-state index in [9.17, 15) is 0 Å². The average molecular weight is 272 g/mol. The molecule has 0 aliphatic carbocycles. The van der Waals surface area contributed by atoms with Gasteiger partial charge in [0.15, 0.2) is 5.96 Å². The molecule has 0 saturated carbocycles. The lowest BCUT2D eigenvalue weighted by Crippen LogP contribution is -2.41. The molecular weight excluding hydrogens is 257 g/mol. The van der Waals surface area contributed by atoms with E-state index in [1.54, 1.807) is 6.07 Å². The molecule has 1 aromatic carbocycles. The van der Waals surface area contributed by atoms with Gasteiger partial charge in [-0.2, -0.15) is 0 Å². The molecule has 1 aliphatic heterocycles. The maximum absolute atomic E-state index is 6.09. The molecule has 0 amide bonds. The van der Waals surface area contributed by atoms with Gasteiger partial charge in [0.05, 0.1) is 0 Å². The first-order chi connectivity index (χ1) is 8.25. The fourth-order valence-corrected chi connectivity index (χ4v) is 2.19. The summed E-state index contributed by atoms with van der Waals surface area (Å²) in [5.41, 5.74) is 1.10. The molecule has 0 radical (unpaired) electrons. The van der Waals surface area contributed by atoms with Gasteiger partial charge in [0, 0.05) is 29.7 Å². The number of rotatable bonds is 3. The Morgan fingerprint density at radius 2 is 2.24 bits per heavy atom. The average Bonchev–Trinajstić information content (AvgIpc) is 2.33. The minimum Gasteiger partial charge on any atom is -0.356 e. The van der Waals surface area contributed by atoms with E-state index < -0.39 is 0 Å². The number of nitrogens with one attached hydrogen (secondary N) is 2. The lowest BCUT2D eigenvalue weighted by molar-refractivity contribution is 0.700. The van der Waals surface area contributed by atoms with Crippen LogP contribution in [0.4, 0.5) is 0 Å². The highest BCUT2D eigenvalue weighted by molar-refractivity contribution is 6.35. The van der Waals surface area contributed by atoms with Crippen molar-refractivity contribution in [2.45, 2.75) is 12.8 Å². The van der Waals surface area contributed by atoms with Gasteiger partial charge in [-0.1, -0.05) is 29.3 Å². The van der Waals surface area contributed by atoms with Crippen LogP contribution in [-0.2, 0) is 6.42 Å². The summed E-state index contributed by atoms with van der Waals surface area (Å²) in [5.74, 6) is 0.890. The summed E-state index contributed by atoms with van der Waals surface area (Å²) < 4.78 is 0. The second-order valence-corrected chi connectivity index (χ2v) is 4.77. The minimum atomic E-state index is 0.671. The largest absolute Gasteiger partial charge is 0.356 e. The molecule has 0 unspecified atom stereocenters. The van der Waals surface area contributed by atoms with Gasteiger partial charge in [-0.05, 0) is 30.5 Å². The van der Waals surface area contributed by atoms with Gasteiger partial charge in [-0.25, -0.2) is 0 Å². The fourth-order valence-electron chi connectivity index (χ4n) is 1.69. The van der Waals surface area contributed by atoms with Crippen molar-refractivity contribution in [2.75, 3.05) is 19.6 Å². The van der Waals surface area contributed by atoms with Crippen molar-refractivity contribution in [1.82, 2.24) is 10.6 Å². The highest BCUT2D eigenvalue weighted by Gasteiger charge is 2.04. The lowest BCUT2D eigenvalue weighted by Gasteiger charge is -2.16. The van der Waals surface area contributed by atoms with Crippen LogP contribution in [0.2, 0.25) is 10.0 Å². The van der Waals surface area contributed by atoms with Crippen molar-refractivity contribution in [2.24, 2.45) is 4.99 Å². The molecule has 0 bridgehead atoms. The number of halogens is 2. The molecule has 0 spiro atoms. The van der Waals surface area contributed by atoms with E-state index in [1.807, 2.05) is 12.1 Å². The summed E-state index contributed by atoms with van der Waals surface area (Å²) in [7, 11) is 0. The summed E-state index contributed by atoms with van der Waals surface area (Å²) in [6.45, 7) is 2.71. The Balaban J connectivity index is 1.83. The van der Waals surface area contributed by atoms with Gasteiger partial charge in [0.1, 0.15) is 0 Å². The molecule has 0 atom stereocenters. The van der Waals surface area contributed by atoms with E-state index in [-0.39, 0.29) is 0 Å². The zero-order valence-corrected chi connectivity index (χ0v) is 11.0. The standard InChI is InChI=1S/C12H15Cl2N3/c13-10-3-2-9(11(14)8-10)4-7-17-12-15-5-1-6-16-12/h2-3,8H,1,4-7H2,(H2,15,16,17). The molecule has 92 valence electrons. The van der Waals surface area contributed by atoms with Crippen molar-refractivity contribution in [3.63, 3.8) is 0 Å². The van der Waals surface area contributed by atoms with E-state index in [1.165, 1.54) is 0 Å². The van der Waals surface area contributed by atoms with Gasteiger partial charge in [0.2, 0.25) is 0 Å².